The zero-order chi connectivity index (χ0) is 7.61. The van der Waals surface area contributed by atoms with Crippen LogP contribution >= 0.6 is 0 Å². The number of carbonyl (C=O) groups is 1. The molecule has 0 bridgehead atoms. The molecule has 1 aliphatic rings. The molecule has 1 rings (SSSR count). The van der Waals surface area contributed by atoms with Crippen molar-refractivity contribution in [3.63, 3.8) is 0 Å². The molecule has 0 saturated carbocycles. The molecule has 0 aromatic rings. The van der Waals surface area contributed by atoms with Gasteiger partial charge in [0.25, 0.3) is 0 Å². The van der Waals surface area contributed by atoms with Crippen LogP contribution in [-0.2, 0) is 4.74 Å². The Balaban J connectivity index is 2.46. The van der Waals surface area contributed by atoms with Crippen LogP contribution in [0.3, 0.4) is 0 Å². The van der Waals surface area contributed by atoms with Gasteiger partial charge in [-0.25, -0.2) is 4.79 Å². The topological polar surface area (TPSA) is 72.5 Å². The molecule has 0 fully saturated rings. The van der Waals surface area contributed by atoms with E-state index in [-0.39, 0.29) is 0 Å². The maximum atomic E-state index is 10.0. The van der Waals surface area contributed by atoms with Crippen LogP contribution in [0.1, 0.15) is 12.8 Å². The number of carboxylic acid groups (broad SMARTS) is 1. The molecule has 0 atom stereocenters. The molecular weight excluding hydrogens is 134 g/mol. The summed E-state index contributed by atoms with van der Waals surface area (Å²) in [6.07, 6.45) is 3.25. The Morgan fingerprint density at radius 3 is 2.50 bits per heavy atom. The summed E-state index contributed by atoms with van der Waals surface area (Å²) in [5.41, 5.74) is 4.50. The molecule has 0 aromatic heterocycles. The van der Waals surface area contributed by atoms with E-state index in [4.69, 9.17) is 10.8 Å². The summed E-state index contributed by atoms with van der Waals surface area (Å²) in [5, 5.41) is 8.21. The van der Waals surface area contributed by atoms with Crippen molar-refractivity contribution in [2.24, 2.45) is 5.73 Å². The number of ether oxygens (including phenoxy) is 1. The molecule has 0 saturated heterocycles. The van der Waals surface area contributed by atoms with Crippen molar-refractivity contribution < 1.29 is 14.6 Å². The molecule has 0 unspecified atom stereocenters. The van der Waals surface area contributed by atoms with Gasteiger partial charge in [0.2, 0.25) is 0 Å². The summed E-state index contributed by atoms with van der Waals surface area (Å²) in [5.74, 6) is 0. The van der Waals surface area contributed by atoms with Gasteiger partial charge in [-0.05, 0) is 0 Å². The smallest absolute Gasteiger partial charge is 0.450 e. The Labute approximate surface area is 58.3 Å². The van der Waals surface area contributed by atoms with E-state index in [2.05, 4.69) is 4.74 Å². The second-order valence-corrected chi connectivity index (χ2v) is 2.31. The van der Waals surface area contributed by atoms with Gasteiger partial charge in [-0.15, -0.1) is 0 Å². The van der Waals surface area contributed by atoms with E-state index < -0.39 is 11.9 Å². The van der Waals surface area contributed by atoms with Crippen molar-refractivity contribution >= 4 is 6.16 Å². The average Bonchev–Trinajstić information content (AvgIpc) is 2.12. The normalized spacial score (nSPS) is 20.9. The third-order valence-corrected chi connectivity index (χ3v) is 1.38. The fourth-order valence-electron chi connectivity index (χ4n) is 0.906. The van der Waals surface area contributed by atoms with Gasteiger partial charge in [0.15, 0.2) is 5.72 Å². The lowest BCUT2D eigenvalue weighted by Gasteiger charge is -2.21. The minimum Gasteiger partial charge on any atom is -0.450 e. The van der Waals surface area contributed by atoms with Gasteiger partial charge in [0.05, 0.1) is 0 Å². The molecule has 0 aliphatic heterocycles. The van der Waals surface area contributed by atoms with Crippen molar-refractivity contribution in [1.29, 1.82) is 0 Å². The number of hydrogen-bond acceptors (Lipinski definition) is 3. The Hall–Kier alpha value is -1.03. The fourth-order valence-corrected chi connectivity index (χ4v) is 0.906. The predicted octanol–water partition coefficient (Wildman–Crippen LogP) is 0.686. The van der Waals surface area contributed by atoms with Gasteiger partial charge < -0.3 is 9.84 Å². The maximum Gasteiger partial charge on any atom is 0.507 e. The average molecular weight is 143 g/mol. The van der Waals surface area contributed by atoms with Gasteiger partial charge in [-0.3, -0.25) is 5.73 Å². The molecule has 0 spiro atoms. The second-order valence-electron chi connectivity index (χ2n) is 2.31. The van der Waals surface area contributed by atoms with Crippen LogP contribution in [0, 0.1) is 0 Å². The first kappa shape index (κ1) is 7.08. The van der Waals surface area contributed by atoms with Gasteiger partial charge in [0, 0.05) is 12.8 Å². The minimum atomic E-state index is -1.31. The Morgan fingerprint density at radius 1 is 1.60 bits per heavy atom. The number of rotatable bonds is 1. The molecule has 0 amide bonds. The minimum absolute atomic E-state index is 0.472. The molecule has 3 N–H and O–H groups in total. The van der Waals surface area contributed by atoms with E-state index in [1.54, 1.807) is 0 Å². The Kier molecular flexibility index (Phi) is 1.63. The molecule has 56 valence electrons. The van der Waals surface area contributed by atoms with Crippen molar-refractivity contribution in [3.05, 3.63) is 12.2 Å². The van der Waals surface area contributed by atoms with Crippen LogP contribution in [0.5, 0.6) is 0 Å². The summed E-state index contributed by atoms with van der Waals surface area (Å²) in [7, 11) is 0. The van der Waals surface area contributed by atoms with Crippen LogP contribution < -0.4 is 5.73 Å². The van der Waals surface area contributed by atoms with Gasteiger partial charge in [-0.1, -0.05) is 12.2 Å². The summed E-state index contributed by atoms with van der Waals surface area (Å²) in [6.45, 7) is 0. The van der Waals surface area contributed by atoms with Gasteiger partial charge in [-0.2, -0.15) is 0 Å². The van der Waals surface area contributed by atoms with E-state index in [0.717, 1.165) is 0 Å². The molecule has 10 heavy (non-hydrogen) atoms. The van der Waals surface area contributed by atoms with Crippen LogP contribution in [0.15, 0.2) is 12.2 Å². The van der Waals surface area contributed by atoms with Crippen LogP contribution in [-0.4, -0.2) is 17.0 Å². The highest BCUT2D eigenvalue weighted by Crippen LogP contribution is 2.21. The highest BCUT2D eigenvalue weighted by atomic mass is 16.7. The molecule has 1 aliphatic carbocycles. The number of hydrogen-bond donors (Lipinski definition) is 2. The van der Waals surface area contributed by atoms with Gasteiger partial charge in [0.1, 0.15) is 0 Å². The first-order valence-electron chi connectivity index (χ1n) is 2.98. The first-order chi connectivity index (χ1) is 4.62. The fraction of sp³-hybridized carbons (Fsp3) is 0.500. The summed E-state index contributed by atoms with van der Waals surface area (Å²) in [6, 6.07) is 0. The van der Waals surface area contributed by atoms with Crippen molar-refractivity contribution in [2.45, 2.75) is 18.6 Å². The lowest BCUT2D eigenvalue weighted by molar-refractivity contribution is -0.00726. The van der Waals surface area contributed by atoms with Crippen molar-refractivity contribution in [2.75, 3.05) is 0 Å². The second kappa shape index (κ2) is 2.30. The van der Waals surface area contributed by atoms with Crippen molar-refractivity contribution in [1.82, 2.24) is 0 Å². The third-order valence-electron chi connectivity index (χ3n) is 1.38. The SMILES string of the molecule is NC1(OC(=O)O)CC=CC1. The molecular formula is C6H9NO3. The largest absolute Gasteiger partial charge is 0.507 e. The van der Waals surface area contributed by atoms with E-state index in [1.807, 2.05) is 12.2 Å². The predicted molar refractivity (Wildman–Crippen MR) is 34.4 cm³/mol. The quantitative estimate of drug-likeness (QED) is 0.321. The zero-order valence-corrected chi connectivity index (χ0v) is 5.41. The van der Waals surface area contributed by atoms with E-state index in [9.17, 15) is 4.79 Å². The van der Waals surface area contributed by atoms with Crippen LogP contribution in [0.4, 0.5) is 4.79 Å². The summed E-state index contributed by atoms with van der Waals surface area (Å²) in [4.78, 5) is 10.0. The molecule has 0 radical (unpaired) electrons. The van der Waals surface area contributed by atoms with E-state index in [0.29, 0.717) is 12.8 Å². The van der Waals surface area contributed by atoms with Gasteiger partial charge >= 0.3 is 6.16 Å². The monoisotopic (exact) mass is 143 g/mol. The summed E-state index contributed by atoms with van der Waals surface area (Å²) < 4.78 is 4.43. The lowest BCUT2D eigenvalue weighted by atomic mass is 10.2. The molecule has 0 aromatic carbocycles. The highest BCUT2D eigenvalue weighted by molar-refractivity contribution is 5.57. The zero-order valence-electron chi connectivity index (χ0n) is 5.41. The summed E-state index contributed by atoms with van der Waals surface area (Å²) >= 11 is 0. The van der Waals surface area contributed by atoms with Crippen molar-refractivity contribution in [3.8, 4) is 0 Å². The molecule has 4 heteroatoms. The standard InChI is InChI=1S/C6H9NO3/c7-6(10-5(8)9)3-1-2-4-6/h1-2H,3-4,7H2,(H,8,9). The highest BCUT2D eigenvalue weighted by Gasteiger charge is 2.29. The molecule has 0 heterocycles. The van der Waals surface area contributed by atoms with Crippen LogP contribution in [0.2, 0.25) is 0 Å². The first-order valence-corrected chi connectivity index (χ1v) is 2.98. The van der Waals surface area contributed by atoms with Crippen LogP contribution in [0.25, 0.3) is 0 Å². The van der Waals surface area contributed by atoms with E-state index in [1.165, 1.54) is 0 Å². The lowest BCUT2D eigenvalue weighted by Crippen LogP contribution is -2.41. The maximum absolute atomic E-state index is 10.0. The number of nitrogens with two attached hydrogens (primary N) is 1. The van der Waals surface area contributed by atoms with E-state index >= 15 is 0 Å². The Bertz CT molecular complexity index is 168. The Morgan fingerprint density at radius 2 is 2.10 bits per heavy atom. The molecule has 4 nitrogen and oxygen atoms in total. The third kappa shape index (κ3) is 1.48.